The fraction of sp³-hybridized carbons (Fsp3) is 0.406. The summed E-state index contributed by atoms with van der Waals surface area (Å²) in [5, 5.41) is 5.05. The Morgan fingerprint density at radius 3 is 2.62 bits per heavy atom. The van der Waals surface area contributed by atoms with Gasteiger partial charge < -0.3 is 25.2 Å². The van der Waals surface area contributed by atoms with Crippen molar-refractivity contribution in [1.29, 1.82) is 0 Å². The highest BCUT2D eigenvalue weighted by molar-refractivity contribution is 6.33. The quantitative estimate of drug-likeness (QED) is 0.378. The van der Waals surface area contributed by atoms with Gasteiger partial charge in [0.2, 0.25) is 11.8 Å². The smallest absolute Gasteiger partial charge is 0.331 e. The van der Waals surface area contributed by atoms with E-state index in [-0.39, 0.29) is 54.7 Å². The molecule has 3 aromatic rings. The number of nitrogens with zero attached hydrogens (tertiary/aromatic N) is 4. The normalized spacial score (nSPS) is 18.6. The maximum atomic E-state index is 15.7. The molecule has 0 aliphatic carbocycles. The number of hydrogen-bond donors (Lipinski definition) is 2. The van der Waals surface area contributed by atoms with E-state index in [1.807, 2.05) is 6.07 Å². The maximum Gasteiger partial charge on any atom is 0.331 e. The van der Waals surface area contributed by atoms with E-state index in [0.29, 0.717) is 17.9 Å². The molecular formula is C32H35ClF2N6O6. The molecule has 0 radical (unpaired) electrons. The topological polar surface area (TPSA) is 135 Å². The number of hydrogen-bond acceptors (Lipinski definition) is 6. The number of urea groups is 1. The lowest BCUT2D eigenvalue weighted by molar-refractivity contribution is -0.135. The standard InChI is InChI=1S/C32H35ClF2N6O6/c1-18(14-36-19(2)42)41-30(44)23(22-5-4-6-24(34)29(22)33)15-39(32(41)46)17-28(43)38-11-10-27(25(35)16-38)40-12-9-20-13-21(47-3)7-8-26(20)37-31(40)45/h4-8,13,15,18,25,27H,9-12,14,16-17H2,1-3H3,(H,36,42)(H,37,45). The first-order chi connectivity index (χ1) is 22.4. The molecule has 2 aromatic carbocycles. The number of ether oxygens (including phenoxy) is 1. The molecule has 2 N–H and O–H groups in total. The molecule has 2 aliphatic heterocycles. The zero-order valence-electron chi connectivity index (χ0n) is 26.1. The second kappa shape index (κ2) is 14.0. The number of aromatic nitrogens is 2. The van der Waals surface area contributed by atoms with Gasteiger partial charge in [0.15, 0.2) is 0 Å². The van der Waals surface area contributed by atoms with Crippen molar-refractivity contribution in [2.45, 2.75) is 51.5 Å². The van der Waals surface area contributed by atoms with Crippen LogP contribution in [0.25, 0.3) is 11.1 Å². The van der Waals surface area contributed by atoms with Crippen LogP contribution in [0.5, 0.6) is 5.75 Å². The fourth-order valence-electron chi connectivity index (χ4n) is 5.99. The number of halogens is 3. The van der Waals surface area contributed by atoms with Gasteiger partial charge in [-0.1, -0.05) is 23.7 Å². The number of benzene rings is 2. The molecule has 0 spiro atoms. The van der Waals surface area contributed by atoms with Crippen LogP contribution in [0, 0.1) is 5.82 Å². The third-order valence-electron chi connectivity index (χ3n) is 8.52. The SMILES string of the molecule is COc1ccc2c(c1)CCN(C1CCN(C(=O)Cn3cc(-c4cccc(F)c4Cl)c(=O)n(C(C)CNC(C)=O)c3=O)CC1F)C(=O)N2. The number of anilines is 1. The summed E-state index contributed by atoms with van der Waals surface area (Å²) in [4.78, 5) is 67.9. The molecular weight excluding hydrogens is 638 g/mol. The molecule has 1 aromatic heterocycles. The molecule has 250 valence electrons. The van der Waals surface area contributed by atoms with Crippen LogP contribution in [0.1, 0.15) is 31.9 Å². The van der Waals surface area contributed by atoms with Crippen molar-refractivity contribution >= 4 is 35.1 Å². The molecule has 2 aliphatic rings. The van der Waals surface area contributed by atoms with Crippen molar-refractivity contribution in [3.05, 3.63) is 79.8 Å². The number of likely N-dealkylation sites (tertiary alicyclic amines) is 1. The van der Waals surface area contributed by atoms with E-state index in [1.54, 1.807) is 19.2 Å². The number of piperidine rings is 1. The van der Waals surface area contributed by atoms with Gasteiger partial charge in [0, 0.05) is 44.0 Å². The van der Waals surface area contributed by atoms with E-state index in [9.17, 15) is 28.4 Å². The van der Waals surface area contributed by atoms with Crippen molar-refractivity contribution in [3.63, 3.8) is 0 Å². The van der Waals surface area contributed by atoms with Crippen LogP contribution in [0.3, 0.4) is 0 Å². The summed E-state index contributed by atoms with van der Waals surface area (Å²) < 4.78 is 37.2. The Morgan fingerprint density at radius 1 is 1.15 bits per heavy atom. The predicted molar refractivity (Wildman–Crippen MR) is 171 cm³/mol. The number of fused-ring (bicyclic) bond motifs is 1. The molecule has 12 nitrogen and oxygen atoms in total. The van der Waals surface area contributed by atoms with Gasteiger partial charge in [0.25, 0.3) is 5.56 Å². The molecule has 3 atom stereocenters. The number of methoxy groups -OCH3 is 1. The van der Waals surface area contributed by atoms with E-state index in [1.165, 1.54) is 35.8 Å². The average Bonchev–Trinajstić information content (AvgIpc) is 3.20. The van der Waals surface area contributed by atoms with Gasteiger partial charge in [-0.15, -0.1) is 0 Å². The van der Waals surface area contributed by atoms with Crippen molar-refractivity contribution in [3.8, 4) is 16.9 Å². The molecule has 4 amide bonds. The van der Waals surface area contributed by atoms with E-state index in [4.69, 9.17) is 16.3 Å². The minimum atomic E-state index is -1.57. The zero-order valence-corrected chi connectivity index (χ0v) is 26.9. The van der Waals surface area contributed by atoms with Crippen LogP contribution in [0.4, 0.5) is 19.3 Å². The first-order valence-corrected chi connectivity index (χ1v) is 15.5. The molecule has 3 unspecified atom stereocenters. The van der Waals surface area contributed by atoms with Crippen LogP contribution in [-0.4, -0.2) is 82.3 Å². The van der Waals surface area contributed by atoms with Crippen molar-refractivity contribution in [2.75, 3.05) is 38.6 Å². The molecule has 1 saturated heterocycles. The lowest BCUT2D eigenvalue weighted by Crippen LogP contribution is -2.56. The second-order valence-electron chi connectivity index (χ2n) is 11.6. The van der Waals surface area contributed by atoms with E-state index in [2.05, 4.69) is 10.6 Å². The first-order valence-electron chi connectivity index (χ1n) is 15.1. The van der Waals surface area contributed by atoms with Crippen molar-refractivity contribution in [1.82, 2.24) is 24.3 Å². The summed E-state index contributed by atoms with van der Waals surface area (Å²) in [6, 6.07) is 7.12. The lowest BCUT2D eigenvalue weighted by atomic mass is 10.0. The van der Waals surface area contributed by atoms with E-state index >= 15 is 4.39 Å². The number of alkyl halides is 1. The molecule has 47 heavy (non-hydrogen) atoms. The molecule has 1 fully saturated rings. The Hall–Kier alpha value is -4.72. The molecule has 15 heteroatoms. The van der Waals surface area contributed by atoms with E-state index < -0.39 is 53.8 Å². The van der Waals surface area contributed by atoms with Crippen LogP contribution >= 0.6 is 11.6 Å². The van der Waals surface area contributed by atoms with Gasteiger partial charge in [-0.3, -0.25) is 23.5 Å². The number of nitrogens with one attached hydrogen (secondary N) is 2. The summed E-state index contributed by atoms with van der Waals surface area (Å²) in [7, 11) is 1.55. The molecule has 0 saturated carbocycles. The average molecular weight is 673 g/mol. The van der Waals surface area contributed by atoms with E-state index in [0.717, 1.165) is 27.0 Å². The fourth-order valence-corrected chi connectivity index (χ4v) is 6.22. The van der Waals surface area contributed by atoms with Gasteiger partial charge >= 0.3 is 11.7 Å². The van der Waals surface area contributed by atoms with Gasteiger partial charge in [0.05, 0.1) is 36.3 Å². The van der Waals surface area contributed by atoms with Crippen LogP contribution in [0.15, 0.2) is 52.2 Å². The molecule has 0 bridgehead atoms. The van der Waals surface area contributed by atoms with Gasteiger partial charge in [-0.05, 0) is 49.6 Å². The monoisotopic (exact) mass is 672 g/mol. The van der Waals surface area contributed by atoms with Crippen molar-refractivity contribution in [2.24, 2.45) is 0 Å². The Labute approximate surface area is 273 Å². The van der Waals surface area contributed by atoms with Gasteiger partial charge in [-0.2, -0.15) is 0 Å². The second-order valence-corrected chi connectivity index (χ2v) is 12.0. The summed E-state index contributed by atoms with van der Waals surface area (Å²) in [5.41, 5.74) is -0.269. The zero-order chi connectivity index (χ0) is 34.0. The number of rotatable bonds is 8. The van der Waals surface area contributed by atoms with Crippen molar-refractivity contribution < 1.29 is 27.9 Å². The Balaban J connectivity index is 1.36. The highest BCUT2D eigenvalue weighted by Gasteiger charge is 2.38. The van der Waals surface area contributed by atoms with Gasteiger partial charge in [-0.25, -0.2) is 18.4 Å². The number of amides is 4. The third kappa shape index (κ3) is 7.02. The Kier molecular flexibility index (Phi) is 9.99. The van der Waals surface area contributed by atoms with Gasteiger partial charge in [0.1, 0.15) is 24.3 Å². The van der Waals surface area contributed by atoms with Crippen LogP contribution in [0.2, 0.25) is 5.02 Å². The molecule has 5 rings (SSSR count). The Bertz CT molecular complexity index is 1830. The lowest BCUT2D eigenvalue weighted by Gasteiger charge is -2.40. The number of carbonyl (C=O) groups excluding carboxylic acids is 3. The Morgan fingerprint density at radius 2 is 1.91 bits per heavy atom. The predicted octanol–water partition coefficient (Wildman–Crippen LogP) is 3.20. The summed E-state index contributed by atoms with van der Waals surface area (Å²) in [6.45, 7) is 2.27. The first kappa shape index (κ1) is 33.6. The van der Waals surface area contributed by atoms with Crippen LogP contribution < -0.4 is 26.6 Å². The maximum absolute atomic E-state index is 15.7. The highest BCUT2D eigenvalue weighted by atomic mass is 35.5. The molecule has 3 heterocycles. The third-order valence-corrected chi connectivity index (χ3v) is 8.90. The number of carbonyl (C=O) groups is 3. The minimum Gasteiger partial charge on any atom is -0.497 e. The summed E-state index contributed by atoms with van der Waals surface area (Å²) in [5.74, 6) is -1.11. The minimum absolute atomic E-state index is 0.0132. The van der Waals surface area contributed by atoms with Crippen LogP contribution in [-0.2, 0) is 22.6 Å². The summed E-state index contributed by atoms with van der Waals surface area (Å²) >= 11 is 6.19. The highest BCUT2D eigenvalue weighted by Crippen LogP contribution is 2.30. The summed E-state index contributed by atoms with van der Waals surface area (Å²) in [6.07, 6.45) is 0.206. The largest absolute Gasteiger partial charge is 0.497 e.